The van der Waals surface area contributed by atoms with Gasteiger partial charge in [-0.1, -0.05) is 60.7 Å². The fourth-order valence-corrected chi connectivity index (χ4v) is 2.11. The molecule has 94 valence electrons. The van der Waals surface area contributed by atoms with Gasteiger partial charge in [-0.3, -0.25) is 4.79 Å². The molecule has 2 aromatic rings. The van der Waals surface area contributed by atoms with Crippen LogP contribution in [0.15, 0.2) is 60.7 Å². The summed E-state index contributed by atoms with van der Waals surface area (Å²) < 4.78 is 0. The number of ketones is 1. The molecule has 0 spiro atoms. The van der Waals surface area contributed by atoms with E-state index in [2.05, 4.69) is 6.07 Å². The van der Waals surface area contributed by atoms with Crippen LogP contribution in [0, 0.1) is 11.3 Å². The fourth-order valence-electron chi connectivity index (χ4n) is 2.11. The van der Waals surface area contributed by atoms with Crippen molar-refractivity contribution >= 4 is 5.78 Å². The Morgan fingerprint density at radius 1 is 1.00 bits per heavy atom. The molecular formula is C17H15NO. The van der Waals surface area contributed by atoms with Crippen LogP contribution in [0.4, 0.5) is 0 Å². The lowest BCUT2D eigenvalue weighted by Gasteiger charge is -2.13. The van der Waals surface area contributed by atoms with E-state index < -0.39 is 0 Å². The molecule has 0 aliphatic carbocycles. The highest BCUT2D eigenvalue weighted by atomic mass is 16.1. The molecule has 0 amide bonds. The minimum absolute atomic E-state index is 0.0288. The highest BCUT2D eigenvalue weighted by Gasteiger charge is 2.16. The maximum absolute atomic E-state index is 12.2. The summed E-state index contributed by atoms with van der Waals surface area (Å²) >= 11 is 0. The van der Waals surface area contributed by atoms with Crippen LogP contribution in [-0.2, 0) is 0 Å². The summed E-state index contributed by atoms with van der Waals surface area (Å²) in [5, 5.41) is 8.92. The van der Waals surface area contributed by atoms with Gasteiger partial charge in [0.2, 0.25) is 0 Å². The second kappa shape index (κ2) is 6.51. The molecule has 2 aromatic carbocycles. The van der Waals surface area contributed by atoms with E-state index in [1.807, 2.05) is 60.7 Å². The minimum atomic E-state index is -0.0288. The van der Waals surface area contributed by atoms with Gasteiger partial charge < -0.3 is 0 Å². The Labute approximate surface area is 113 Å². The predicted octanol–water partition coefficient (Wildman–Crippen LogP) is 3.96. The van der Waals surface area contributed by atoms with E-state index in [9.17, 15) is 4.79 Å². The molecule has 0 saturated carbocycles. The van der Waals surface area contributed by atoms with Gasteiger partial charge in [0.25, 0.3) is 0 Å². The number of benzene rings is 2. The molecule has 0 aliphatic rings. The molecule has 0 aromatic heterocycles. The van der Waals surface area contributed by atoms with Gasteiger partial charge in [-0.15, -0.1) is 0 Å². The molecule has 0 N–H and O–H groups in total. The van der Waals surface area contributed by atoms with E-state index in [4.69, 9.17) is 5.26 Å². The van der Waals surface area contributed by atoms with Crippen molar-refractivity contribution in [1.82, 2.24) is 0 Å². The number of carbonyl (C=O) groups is 1. The lowest BCUT2D eigenvalue weighted by Crippen LogP contribution is -2.07. The van der Waals surface area contributed by atoms with E-state index in [0.29, 0.717) is 18.4 Å². The first-order valence-electron chi connectivity index (χ1n) is 6.31. The zero-order valence-corrected chi connectivity index (χ0v) is 10.6. The Balaban J connectivity index is 2.14. The smallest absolute Gasteiger partial charge is 0.163 e. The van der Waals surface area contributed by atoms with Crippen LogP contribution in [0.25, 0.3) is 0 Å². The number of hydrogen-bond acceptors (Lipinski definition) is 2. The van der Waals surface area contributed by atoms with Crippen molar-refractivity contribution in [2.75, 3.05) is 0 Å². The quantitative estimate of drug-likeness (QED) is 0.752. The summed E-state index contributed by atoms with van der Waals surface area (Å²) in [7, 11) is 0. The molecular weight excluding hydrogens is 234 g/mol. The first-order valence-corrected chi connectivity index (χ1v) is 6.31. The van der Waals surface area contributed by atoms with Crippen molar-refractivity contribution < 1.29 is 4.79 Å². The number of nitriles is 1. The molecule has 2 rings (SSSR count). The molecule has 0 bridgehead atoms. The van der Waals surface area contributed by atoms with Crippen LogP contribution >= 0.6 is 0 Å². The average molecular weight is 249 g/mol. The normalized spacial score (nSPS) is 11.5. The summed E-state index contributed by atoms with van der Waals surface area (Å²) in [4.78, 5) is 12.2. The summed E-state index contributed by atoms with van der Waals surface area (Å²) in [5.74, 6) is 0.0589. The van der Waals surface area contributed by atoms with E-state index in [1.165, 1.54) is 0 Å². The molecule has 0 saturated heterocycles. The van der Waals surface area contributed by atoms with Gasteiger partial charge >= 0.3 is 0 Å². The minimum Gasteiger partial charge on any atom is -0.294 e. The third-order valence-corrected chi connectivity index (χ3v) is 3.14. The second-order valence-electron chi connectivity index (χ2n) is 4.46. The van der Waals surface area contributed by atoms with Gasteiger partial charge in [-0.2, -0.15) is 5.26 Å². The van der Waals surface area contributed by atoms with Crippen LogP contribution in [0.5, 0.6) is 0 Å². The van der Waals surface area contributed by atoms with Gasteiger partial charge in [0, 0.05) is 24.3 Å². The maximum Gasteiger partial charge on any atom is 0.163 e. The van der Waals surface area contributed by atoms with Crippen molar-refractivity contribution in [1.29, 1.82) is 5.26 Å². The lowest BCUT2D eigenvalue weighted by atomic mass is 9.89. The third-order valence-electron chi connectivity index (χ3n) is 3.14. The third kappa shape index (κ3) is 3.53. The first-order chi connectivity index (χ1) is 9.31. The van der Waals surface area contributed by atoms with Crippen molar-refractivity contribution in [3.05, 3.63) is 71.8 Å². The van der Waals surface area contributed by atoms with Crippen LogP contribution in [-0.4, -0.2) is 5.78 Å². The van der Waals surface area contributed by atoms with E-state index in [0.717, 1.165) is 5.56 Å². The number of Topliss-reactive ketones (excluding diaryl/α,β-unsaturated/α-hetero) is 1. The van der Waals surface area contributed by atoms with Gasteiger partial charge in [0.15, 0.2) is 5.78 Å². The first kappa shape index (κ1) is 13.0. The van der Waals surface area contributed by atoms with Crippen molar-refractivity contribution in [2.24, 2.45) is 0 Å². The van der Waals surface area contributed by atoms with E-state index in [-0.39, 0.29) is 11.7 Å². The molecule has 1 unspecified atom stereocenters. The number of hydrogen-bond donors (Lipinski definition) is 0. The Bertz CT molecular complexity index is 569. The Hall–Kier alpha value is -2.40. The lowest BCUT2D eigenvalue weighted by molar-refractivity contribution is 0.0974. The monoisotopic (exact) mass is 249 g/mol. The van der Waals surface area contributed by atoms with Crippen molar-refractivity contribution in [2.45, 2.75) is 18.8 Å². The number of carbonyl (C=O) groups excluding carboxylic acids is 1. The molecule has 2 nitrogen and oxygen atoms in total. The van der Waals surface area contributed by atoms with Gasteiger partial charge in [-0.05, 0) is 5.56 Å². The van der Waals surface area contributed by atoms with Crippen LogP contribution in [0.1, 0.15) is 34.7 Å². The largest absolute Gasteiger partial charge is 0.294 e. The molecule has 0 heterocycles. The zero-order chi connectivity index (χ0) is 13.5. The molecule has 1 atom stereocenters. The fraction of sp³-hybridized carbons (Fsp3) is 0.176. The standard InChI is InChI=1S/C17H15NO/c18-12-11-16(14-7-3-1-4-8-14)13-17(19)15-9-5-2-6-10-15/h1-10,16H,11,13H2. The molecule has 0 aliphatic heterocycles. The van der Waals surface area contributed by atoms with Gasteiger partial charge in [0.05, 0.1) is 6.07 Å². The Kier molecular flexibility index (Phi) is 4.47. The topological polar surface area (TPSA) is 40.9 Å². The number of nitrogens with zero attached hydrogens (tertiary/aromatic N) is 1. The highest BCUT2D eigenvalue weighted by Crippen LogP contribution is 2.24. The van der Waals surface area contributed by atoms with Crippen LogP contribution < -0.4 is 0 Å². The highest BCUT2D eigenvalue weighted by molar-refractivity contribution is 5.96. The molecule has 0 radical (unpaired) electrons. The second-order valence-corrected chi connectivity index (χ2v) is 4.46. The van der Waals surface area contributed by atoms with Crippen LogP contribution in [0.2, 0.25) is 0 Å². The SMILES string of the molecule is N#CCC(CC(=O)c1ccccc1)c1ccccc1. The van der Waals surface area contributed by atoms with Crippen molar-refractivity contribution in [3.8, 4) is 6.07 Å². The average Bonchev–Trinajstić information content (AvgIpc) is 2.48. The molecule has 19 heavy (non-hydrogen) atoms. The van der Waals surface area contributed by atoms with Crippen LogP contribution in [0.3, 0.4) is 0 Å². The summed E-state index contributed by atoms with van der Waals surface area (Å²) in [6.07, 6.45) is 0.740. The van der Waals surface area contributed by atoms with Gasteiger partial charge in [0.1, 0.15) is 0 Å². The summed E-state index contributed by atoms with van der Waals surface area (Å²) in [5.41, 5.74) is 1.76. The number of rotatable bonds is 5. The molecule has 0 fully saturated rings. The predicted molar refractivity (Wildman–Crippen MR) is 74.8 cm³/mol. The van der Waals surface area contributed by atoms with E-state index in [1.54, 1.807) is 0 Å². The van der Waals surface area contributed by atoms with Gasteiger partial charge in [-0.25, -0.2) is 0 Å². The summed E-state index contributed by atoms with van der Waals surface area (Å²) in [6.45, 7) is 0. The van der Waals surface area contributed by atoms with E-state index >= 15 is 0 Å². The Morgan fingerprint density at radius 3 is 2.16 bits per heavy atom. The maximum atomic E-state index is 12.2. The molecule has 2 heteroatoms. The zero-order valence-electron chi connectivity index (χ0n) is 10.6. The summed E-state index contributed by atoms with van der Waals surface area (Å²) in [6, 6.07) is 21.2. The Morgan fingerprint density at radius 2 is 1.58 bits per heavy atom. The van der Waals surface area contributed by atoms with Crippen molar-refractivity contribution in [3.63, 3.8) is 0 Å².